The second-order valence-corrected chi connectivity index (χ2v) is 22.6. The average Bonchev–Trinajstić information content (AvgIpc) is 3.00. The van der Waals surface area contributed by atoms with Gasteiger partial charge in [-0.3, -0.25) is 0 Å². The van der Waals surface area contributed by atoms with Gasteiger partial charge < -0.3 is 13.9 Å². The highest BCUT2D eigenvalue weighted by Crippen LogP contribution is 2.38. The zero-order chi connectivity index (χ0) is 32.1. The van der Waals surface area contributed by atoms with Crippen molar-refractivity contribution in [2.24, 2.45) is 0 Å². The fraction of sp³-hybridized carbons (Fsp3) is 0.436. The summed E-state index contributed by atoms with van der Waals surface area (Å²) in [5.74, 6) is 3.55. The third-order valence-electron chi connectivity index (χ3n) is 7.77. The van der Waals surface area contributed by atoms with Crippen LogP contribution in [0.5, 0.6) is 0 Å². The minimum absolute atomic E-state index is 0.124. The van der Waals surface area contributed by atoms with E-state index in [1.807, 2.05) is 24.3 Å². The van der Waals surface area contributed by atoms with Crippen molar-refractivity contribution in [3.8, 4) is 11.5 Å². The van der Waals surface area contributed by atoms with E-state index in [0.29, 0.717) is 19.6 Å². The molecule has 0 aromatic heterocycles. The van der Waals surface area contributed by atoms with Crippen molar-refractivity contribution in [1.29, 1.82) is 0 Å². The number of benzene rings is 3. The summed E-state index contributed by atoms with van der Waals surface area (Å²) >= 11 is 0. The Hall–Kier alpha value is -2.73. The first-order chi connectivity index (χ1) is 21.0. The maximum absolute atomic E-state index is 7.59. The molecule has 0 radical (unpaired) electrons. The van der Waals surface area contributed by atoms with Crippen LogP contribution in [0.15, 0.2) is 104 Å². The predicted molar refractivity (Wildman–Crippen MR) is 193 cm³/mol. The van der Waals surface area contributed by atoms with Gasteiger partial charge in [0.1, 0.15) is 14.2 Å². The van der Waals surface area contributed by atoms with Gasteiger partial charge in [-0.15, -0.1) is 12.1 Å². The number of hydrogen-bond donors (Lipinski definition) is 0. The quantitative estimate of drug-likeness (QED) is 0.0690. The molecule has 3 rings (SSSR count). The molecule has 0 heterocycles. The van der Waals surface area contributed by atoms with Gasteiger partial charge in [0.05, 0.1) is 18.8 Å². The Labute approximate surface area is 270 Å². The molecule has 0 fully saturated rings. The van der Waals surface area contributed by atoms with Crippen molar-refractivity contribution < 1.29 is 13.9 Å². The lowest BCUT2D eigenvalue weighted by molar-refractivity contribution is -0.0562. The molecule has 0 amide bonds. The van der Waals surface area contributed by atoms with Crippen LogP contribution < -0.4 is 10.4 Å². The summed E-state index contributed by atoms with van der Waals surface area (Å²) < 4.78 is 20.5. The molecule has 3 aromatic carbocycles. The standard InChI is InChI=1S/C39H54O3Si2/c1-9-21-38(42-44(39(3,4)5,35-25-16-12-17-26-35)36-27-18-13-19-28-36)37(10-2)41-34(29-31-43(6,7)8)24-20-30-40-32-33-22-14-11-15-23-33/h9,11-19,22-23,25-28,34,37-38H,1,10,20-21,24,30,32H2,2-8H3/t34?,37-,38-/m1/s1. The maximum Gasteiger partial charge on any atom is 0.261 e. The summed E-state index contributed by atoms with van der Waals surface area (Å²) in [5, 5.41) is 2.42. The average molecular weight is 627 g/mol. The third kappa shape index (κ3) is 10.4. The largest absolute Gasteiger partial charge is 0.402 e. The molecule has 3 atom stereocenters. The first-order valence-corrected chi connectivity index (χ1v) is 21.6. The van der Waals surface area contributed by atoms with Gasteiger partial charge in [0.15, 0.2) is 0 Å². The number of ether oxygens (including phenoxy) is 2. The van der Waals surface area contributed by atoms with Crippen molar-refractivity contribution in [3.63, 3.8) is 0 Å². The molecule has 0 spiro atoms. The van der Waals surface area contributed by atoms with Gasteiger partial charge in [-0.2, -0.15) is 0 Å². The minimum Gasteiger partial charge on any atom is -0.402 e. The second kappa shape index (κ2) is 17.1. The Balaban J connectivity index is 1.89. The molecular formula is C39H54O3Si2. The van der Waals surface area contributed by atoms with E-state index >= 15 is 0 Å². The van der Waals surface area contributed by atoms with E-state index in [1.165, 1.54) is 15.9 Å². The maximum atomic E-state index is 7.59. The van der Waals surface area contributed by atoms with Crippen LogP contribution in [0.4, 0.5) is 0 Å². The monoisotopic (exact) mass is 626 g/mol. The van der Waals surface area contributed by atoms with Crippen LogP contribution in [0.2, 0.25) is 24.7 Å². The molecule has 0 saturated carbocycles. The lowest BCUT2D eigenvalue weighted by atomic mass is 10.1. The van der Waals surface area contributed by atoms with Gasteiger partial charge in [0, 0.05) is 6.61 Å². The fourth-order valence-electron chi connectivity index (χ4n) is 5.62. The molecule has 5 heteroatoms. The zero-order valence-corrected chi connectivity index (χ0v) is 30.1. The first kappa shape index (κ1) is 35.7. The van der Waals surface area contributed by atoms with Gasteiger partial charge in [-0.05, 0) is 46.7 Å². The summed E-state index contributed by atoms with van der Waals surface area (Å²) in [6.45, 7) is 21.4. The molecule has 0 saturated heterocycles. The molecule has 0 aliphatic carbocycles. The van der Waals surface area contributed by atoms with Crippen molar-refractivity contribution in [1.82, 2.24) is 0 Å². The minimum atomic E-state index is -2.77. The van der Waals surface area contributed by atoms with Gasteiger partial charge in [-0.25, -0.2) is 0 Å². The van der Waals surface area contributed by atoms with E-state index in [-0.39, 0.29) is 23.4 Å². The van der Waals surface area contributed by atoms with Crippen molar-refractivity contribution in [2.45, 2.75) is 103 Å². The van der Waals surface area contributed by atoms with Crippen LogP contribution in [-0.4, -0.2) is 41.3 Å². The van der Waals surface area contributed by atoms with E-state index < -0.39 is 16.4 Å². The number of rotatable bonds is 16. The molecule has 44 heavy (non-hydrogen) atoms. The van der Waals surface area contributed by atoms with E-state index in [2.05, 4.69) is 138 Å². The molecule has 3 aromatic rings. The molecule has 0 bridgehead atoms. The van der Waals surface area contributed by atoms with Crippen molar-refractivity contribution >= 4 is 26.8 Å². The first-order valence-electron chi connectivity index (χ1n) is 16.2. The Morgan fingerprint density at radius 1 is 0.818 bits per heavy atom. The van der Waals surface area contributed by atoms with Crippen LogP contribution in [0.3, 0.4) is 0 Å². The molecular weight excluding hydrogens is 573 g/mol. The van der Waals surface area contributed by atoms with Crippen molar-refractivity contribution in [3.05, 3.63) is 109 Å². The van der Waals surface area contributed by atoms with Crippen LogP contribution in [0, 0.1) is 11.5 Å². The van der Waals surface area contributed by atoms with E-state index in [4.69, 9.17) is 13.9 Å². The van der Waals surface area contributed by atoms with E-state index in [9.17, 15) is 0 Å². The highest BCUT2D eigenvalue weighted by molar-refractivity contribution is 6.99. The van der Waals surface area contributed by atoms with Gasteiger partial charge in [0.2, 0.25) is 0 Å². The van der Waals surface area contributed by atoms with Crippen molar-refractivity contribution in [2.75, 3.05) is 6.61 Å². The van der Waals surface area contributed by atoms with Gasteiger partial charge in [0.25, 0.3) is 8.32 Å². The topological polar surface area (TPSA) is 27.7 Å². The lowest BCUT2D eigenvalue weighted by Gasteiger charge is -2.46. The molecule has 0 aliphatic rings. The normalized spacial score (nSPS) is 14.2. The van der Waals surface area contributed by atoms with Crippen LogP contribution in [-0.2, 0) is 20.5 Å². The Kier molecular flexibility index (Phi) is 13.9. The highest BCUT2D eigenvalue weighted by Gasteiger charge is 2.52. The molecule has 0 N–H and O–H groups in total. The highest BCUT2D eigenvalue weighted by atomic mass is 28.4. The molecule has 0 aliphatic heterocycles. The van der Waals surface area contributed by atoms with Gasteiger partial charge >= 0.3 is 0 Å². The van der Waals surface area contributed by atoms with Crippen LogP contribution >= 0.6 is 0 Å². The summed E-state index contributed by atoms with van der Waals surface area (Å²) in [4.78, 5) is 0. The lowest BCUT2D eigenvalue weighted by Crippen LogP contribution is -2.68. The Morgan fingerprint density at radius 2 is 1.36 bits per heavy atom. The summed E-state index contributed by atoms with van der Waals surface area (Å²) in [6, 6.07) is 32.0. The number of hydrogen-bond acceptors (Lipinski definition) is 3. The van der Waals surface area contributed by atoms with Gasteiger partial charge in [-0.1, -0.05) is 150 Å². The van der Waals surface area contributed by atoms with Crippen LogP contribution in [0.25, 0.3) is 0 Å². The van der Waals surface area contributed by atoms with E-state index in [1.54, 1.807) is 0 Å². The molecule has 1 unspecified atom stereocenters. The van der Waals surface area contributed by atoms with E-state index in [0.717, 1.165) is 19.3 Å². The zero-order valence-electron chi connectivity index (χ0n) is 28.1. The predicted octanol–water partition coefficient (Wildman–Crippen LogP) is 8.55. The third-order valence-corrected chi connectivity index (χ3v) is 13.7. The molecule has 3 nitrogen and oxygen atoms in total. The van der Waals surface area contributed by atoms with Crippen LogP contribution in [0.1, 0.15) is 58.9 Å². The summed E-state index contributed by atoms with van der Waals surface area (Å²) in [5.41, 5.74) is 4.78. The summed E-state index contributed by atoms with van der Waals surface area (Å²) in [6.07, 6.45) is 4.76. The SMILES string of the molecule is C=CC[C@@H](O[Si](c1ccccc1)(c1ccccc1)C(C)(C)C)[C@@H](CC)OC(C#C[Si](C)(C)C)CCCOCc1ccccc1. The molecule has 236 valence electrons. The Bertz CT molecular complexity index is 1260. The smallest absolute Gasteiger partial charge is 0.261 e. The Morgan fingerprint density at radius 3 is 1.84 bits per heavy atom. The second-order valence-electron chi connectivity index (χ2n) is 13.6. The summed E-state index contributed by atoms with van der Waals surface area (Å²) in [7, 11) is -4.36. The fourth-order valence-corrected chi connectivity index (χ4v) is 10.9.